The fourth-order valence-electron chi connectivity index (χ4n) is 0.871. The van der Waals surface area contributed by atoms with E-state index in [2.05, 4.69) is 5.48 Å². The Balaban J connectivity index is 2.76. The minimum atomic E-state index is -1.10. The number of hydrogen-bond acceptors (Lipinski definition) is 3. The van der Waals surface area contributed by atoms with Crippen LogP contribution in [0.4, 0.5) is 0 Å². The van der Waals surface area contributed by atoms with Crippen LogP contribution in [0.5, 0.6) is 5.75 Å². The highest BCUT2D eigenvalue weighted by atomic mass is 127. The zero-order valence-corrected chi connectivity index (χ0v) is 9.72. The van der Waals surface area contributed by atoms with Gasteiger partial charge >= 0.3 is 5.97 Å². The maximum absolute atomic E-state index is 10.9. The first kappa shape index (κ1) is 11.8. The molecule has 0 aliphatic heterocycles. The van der Waals surface area contributed by atoms with Crippen LogP contribution in [0.25, 0.3) is 0 Å². The number of rotatable bonds is 4. The number of amides is 1. The van der Waals surface area contributed by atoms with Gasteiger partial charge in [-0.3, -0.25) is 4.79 Å². The van der Waals surface area contributed by atoms with Crippen LogP contribution in [0.2, 0.25) is 0 Å². The SMILES string of the molecule is O=C(CI)NOc1ccccc1C(=O)O. The summed E-state index contributed by atoms with van der Waals surface area (Å²) >= 11 is 1.87. The normalized spacial score (nSPS) is 9.40. The highest BCUT2D eigenvalue weighted by molar-refractivity contribution is 14.1. The lowest BCUT2D eigenvalue weighted by atomic mass is 10.2. The monoisotopic (exact) mass is 321 g/mol. The molecule has 0 aromatic heterocycles. The number of halogens is 1. The molecule has 0 saturated carbocycles. The lowest BCUT2D eigenvalue weighted by Crippen LogP contribution is -2.28. The Labute approximate surface area is 99.5 Å². The van der Waals surface area contributed by atoms with Crippen LogP contribution >= 0.6 is 22.6 Å². The number of hydroxylamine groups is 1. The highest BCUT2D eigenvalue weighted by Gasteiger charge is 2.11. The van der Waals surface area contributed by atoms with Crippen molar-refractivity contribution in [3.05, 3.63) is 29.8 Å². The summed E-state index contributed by atoms with van der Waals surface area (Å²) < 4.78 is 0.243. The lowest BCUT2D eigenvalue weighted by Gasteiger charge is -2.07. The molecule has 0 aliphatic carbocycles. The van der Waals surface area contributed by atoms with Crippen molar-refractivity contribution in [2.24, 2.45) is 0 Å². The van der Waals surface area contributed by atoms with E-state index in [4.69, 9.17) is 9.94 Å². The first-order chi connectivity index (χ1) is 7.15. The molecule has 0 heterocycles. The maximum Gasteiger partial charge on any atom is 0.339 e. The molecule has 0 aliphatic rings. The molecule has 2 N–H and O–H groups in total. The third-order valence-electron chi connectivity index (χ3n) is 1.51. The Bertz CT molecular complexity index is 380. The molecule has 1 aromatic carbocycles. The van der Waals surface area contributed by atoms with Crippen molar-refractivity contribution in [3.63, 3.8) is 0 Å². The van der Waals surface area contributed by atoms with E-state index in [1.54, 1.807) is 12.1 Å². The summed E-state index contributed by atoms with van der Waals surface area (Å²) in [6, 6.07) is 6.07. The first-order valence-corrected chi connectivity index (χ1v) is 5.51. The molecule has 0 bridgehead atoms. The van der Waals surface area contributed by atoms with Gasteiger partial charge in [0.25, 0.3) is 5.91 Å². The van der Waals surface area contributed by atoms with E-state index >= 15 is 0 Å². The molecule has 0 saturated heterocycles. The van der Waals surface area contributed by atoms with Gasteiger partial charge in [0.15, 0.2) is 5.75 Å². The van der Waals surface area contributed by atoms with Crippen LogP contribution in [-0.4, -0.2) is 21.4 Å². The molecule has 0 atom stereocenters. The van der Waals surface area contributed by atoms with E-state index in [1.807, 2.05) is 22.6 Å². The number of nitrogens with one attached hydrogen (secondary N) is 1. The third-order valence-corrected chi connectivity index (χ3v) is 2.21. The summed E-state index contributed by atoms with van der Waals surface area (Å²) in [5.74, 6) is -1.31. The second kappa shape index (κ2) is 5.54. The van der Waals surface area contributed by atoms with E-state index in [0.717, 1.165) is 0 Å². The van der Waals surface area contributed by atoms with Crippen LogP contribution in [-0.2, 0) is 4.79 Å². The minimum absolute atomic E-state index is 0.00579. The molecule has 0 spiro atoms. The third kappa shape index (κ3) is 3.39. The number of aromatic carboxylic acids is 1. The van der Waals surface area contributed by atoms with E-state index < -0.39 is 5.97 Å². The first-order valence-electron chi connectivity index (χ1n) is 3.99. The van der Waals surface area contributed by atoms with Crippen LogP contribution in [0.15, 0.2) is 24.3 Å². The maximum atomic E-state index is 10.9. The Hall–Kier alpha value is -1.31. The van der Waals surface area contributed by atoms with E-state index in [-0.39, 0.29) is 21.6 Å². The van der Waals surface area contributed by atoms with Crippen LogP contribution < -0.4 is 10.3 Å². The smallest absolute Gasteiger partial charge is 0.339 e. The number of para-hydroxylation sites is 1. The quantitative estimate of drug-likeness (QED) is 0.497. The molecule has 15 heavy (non-hydrogen) atoms. The molecule has 80 valence electrons. The van der Waals surface area contributed by atoms with Crippen molar-refractivity contribution < 1.29 is 19.5 Å². The van der Waals surface area contributed by atoms with Crippen molar-refractivity contribution in [1.82, 2.24) is 5.48 Å². The number of hydrogen-bond donors (Lipinski definition) is 2. The fraction of sp³-hybridized carbons (Fsp3) is 0.111. The standard InChI is InChI=1S/C9H8INO4/c10-5-8(12)11-15-7-4-2-1-3-6(7)9(13)14/h1-4H,5H2,(H,11,12)(H,13,14). The van der Waals surface area contributed by atoms with Gasteiger partial charge in [-0.1, -0.05) is 34.7 Å². The molecule has 1 aromatic rings. The van der Waals surface area contributed by atoms with Gasteiger partial charge < -0.3 is 9.94 Å². The predicted octanol–water partition coefficient (Wildman–Crippen LogP) is 1.23. The number of carbonyl (C=O) groups excluding carboxylic acids is 1. The number of carbonyl (C=O) groups is 2. The number of carboxylic acids is 1. The minimum Gasteiger partial charge on any atom is -0.478 e. The van der Waals surface area contributed by atoms with E-state index in [0.29, 0.717) is 0 Å². The zero-order chi connectivity index (χ0) is 11.3. The fourth-order valence-corrected chi connectivity index (χ4v) is 1.03. The van der Waals surface area contributed by atoms with Crippen LogP contribution in [0, 0.1) is 0 Å². The average Bonchev–Trinajstić information content (AvgIpc) is 2.26. The molecular formula is C9H8INO4. The van der Waals surface area contributed by atoms with Gasteiger partial charge in [-0.05, 0) is 12.1 Å². The number of benzene rings is 1. The van der Waals surface area contributed by atoms with Gasteiger partial charge in [0.1, 0.15) is 5.56 Å². The molecule has 1 amide bonds. The molecular weight excluding hydrogens is 313 g/mol. The van der Waals surface area contributed by atoms with Crippen LogP contribution in [0.1, 0.15) is 10.4 Å². The van der Waals surface area contributed by atoms with Crippen LogP contribution in [0.3, 0.4) is 0 Å². The molecule has 6 heteroatoms. The zero-order valence-electron chi connectivity index (χ0n) is 7.57. The van der Waals surface area contributed by atoms with Gasteiger partial charge in [-0.2, -0.15) is 5.48 Å². The summed E-state index contributed by atoms with van der Waals surface area (Å²) in [5.41, 5.74) is 2.14. The van der Waals surface area contributed by atoms with Gasteiger partial charge in [-0.25, -0.2) is 4.79 Å². The van der Waals surface area contributed by atoms with E-state index in [1.165, 1.54) is 12.1 Å². The van der Waals surface area contributed by atoms with Gasteiger partial charge in [0.05, 0.1) is 4.43 Å². The summed E-state index contributed by atoms with van der Waals surface area (Å²) in [7, 11) is 0. The second-order valence-corrected chi connectivity index (χ2v) is 3.33. The molecule has 0 unspecified atom stereocenters. The summed E-state index contributed by atoms with van der Waals surface area (Å²) in [4.78, 5) is 26.5. The Morgan fingerprint density at radius 3 is 2.67 bits per heavy atom. The topological polar surface area (TPSA) is 75.6 Å². The molecule has 1 rings (SSSR count). The second-order valence-electron chi connectivity index (χ2n) is 2.56. The molecule has 0 fully saturated rings. The summed E-state index contributed by atoms with van der Waals surface area (Å²) in [6.45, 7) is 0. The number of alkyl halides is 1. The van der Waals surface area contributed by atoms with Gasteiger partial charge in [-0.15, -0.1) is 0 Å². The average molecular weight is 321 g/mol. The Morgan fingerprint density at radius 2 is 2.07 bits per heavy atom. The lowest BCUT2D eigenvalue weighted by molar-refractivity contribution is -0.124. The predicted molar refractivity (Wildman–Crippen MR) is 61.1 cm³/mol. The van der Waals surface area contributed by atoms with Crippen molar-refractivity contribution >= 4 is 34.5 Å². The van der Waals surface area contributed by atoms with Gasteiger partial charge in [0.2, 0.25) is 0 Å². The Morgan fingerprint density at radius 1 is 1.40 bits per heavy atom. The van der Waals surface area contributed by atoms with Crippen molar-refractivity contribution in [2.75, 3.05) is 4.43 Å². The number of carboxylic acid groups (broad SMARTS) is 1. The van der Waals surface area contributed by atoms with Crippen molar-refractivity contribution in [2.45, 2.75) is 0 Å². The van der Waals surface area contributed by atoms with E-state index in [9.17, 15) is 9.59 Å². The molecule has 5 nitrogen and oxygen atoms in total. The van der Waals surface area contributed by atoms with Gasteiger partial charge in [0, 0.05) is 0 Å². The van der Waals surface area contributed by atoms with Crippen molar-refractivity contribution in [3.8, 4) is 5.75 Å². The molecule has 0 radical (unpaired) electrons. The largest absolute Gasteiger partial charge is 0.478 e. The summed E-state index contributed by atoms with van der Waals surface area (Å²) in [6.07, 6.45) is 0. The Kier molecular flexibility index (Phi) is 4.35. The highest BCUT2D eigenvalue weighted by Crippen LogP contribution is 2.16. The van der Waals surface area contributed by atoms with Crippen molar-refractivity contribution in [1.29, 1.82) is 0 Å². The summed E-state index contributed by atoms with van der Waals surface area (Å²) in [5, 5.41) is 8.79.